The summed E-state index contributed by atoms with van der Waals surface area (Å²) in [6, 6.07) is 0. The molecule has 0 aromatic heterocycles. The molecule has 1 nitrogen and oxygen atoms in total. The van der Waals surface area contributed by atoms with Crippen molar-refractivity contribution in [3.05, 3.63) is 23.8 Å². The van der Waals surface area contributed by atoms with Gasteiger partial charge in [-0.15, -0.1) is 0 Å². The van der Waals surface area contributed by atoms with E-state index in [0.29, 0.717) is 6.42 Å². The highest BCUT2D eigenvalue weighted by atomic mass is 16.1. The fraction of sp³-hybridized carbons (Fsp3) is 0.643. The summed E-state index contributed by atoms with van der Waals surface area (Å²) in [5.41, 5.74) is 1.66. The van der Waals surface area contributed by atoms with Crippen molar-refractivity contribution < 1.29 is 4.79 Å². The maximum absolute atomic E-state index is 10.3. The largest absolute Gasteiger partial charge is 0.303 e. The van der Waals surface area contributed by atoms with Crippen molar-refractivity contribution >= 4 is 6.29 Å². The third kappa shape index (κ3) is 1.40. The predicted molar refractivity (Wildman–Crippen MR) is 60.3 cm³/mol. The van der Waals surface area contributed by atoms with E-state index in [1.807, 2.05) is 0 Å². The third-order valence-corrected chi connectivity index (χ3v) is 4.55. The van der Waals surface area contributed by atoms with Gasteiger partial charge in [0, 0.05) is 6.42 Å². The van der Waals surface area contributed by atoms with E-state index in [2.05, 4.69) is 18.2 Å². The first-order valence-electron chi connectivity index (χ1n) is 6.19. The molecule has 80 valence electrons. The Morgan fingerprint density at radius 1 is 1.40 bits per heavy atom. The van der Waals surface area contributed by atoms with Crippen LogP contribution in [-0.4, -0.2) is 6.29 Å². The van der Waals surface area contributed by atoms with E-state index in [-0.39, 0.29) is 0 Å². The Morgan fingerprint density at radius 2 is 2.33 bits per heavy atom. The van der Waals surface area contributed by atoms with Crippen LogP contribution in [0.25, 0.3) is 0 Å². The molecule has 2 saturated carbocycles. The van der Waals surface area contributed by atoms with E-state index in [4.69, 9.17) is 0 Å². The van der Waals surface area contributed by atoms with Gasteiger partial charge in [0.25, 0.3) is 0 Å². The summed E-state index contributed by atoms with van der Waals surface area (Å²) >= 11 is 0. The molecule has 3 aliphatic rings. The van der Waals surface area contributed by atoms with Crippen LogP contribution in [0.1, 0.15) is 32.1 Å². The zero-order chi connectivity index (χ0) is 10.3. The Kier molecular flexibility index (Phi) is 2.27. The average molecular weight is 202 g/mol. The first kappa shape index (κ1) is 9.38. The number of aldehydes is 1. The maximum Gasteiger partial charge on any atom is 0.120 e. The van der Waals surface area contributed by atoms with E-state index in [1.165, 1.54) is 19.3 Å². The molecule has 3 rings (SSSR count). The van der Waals surface area contributed by atoms with E-state index < -0.39 is 0 Å². The normalized spacial score (nSPS) is 43.9. The van der Waals surface area contributed by atoms with Crippen molar-refractivity contribution in [2.45, 2.75) is 32.1 Å². The van der Waals surface area contributed by atoms with Crippen molar-refractivity contribution in [3.8, 4) is 0 Å². The number of hydrogen-bond acceptors (Lipinski definition) is 1. The van der Waals surface area contributed by atoms with Crippen LogP contribution in [0.2, 0.25) is 0 Å². The predicted octanol–water partition coefficient (Wildman–Crippen LogP) is 3.12. The highest BCUT2D eigenvalue weighted by molar-refractivity contribution is 5.49. The lowest BCUT2D eigenvalue weighted by Gasteiger charge is -2.26. The minimum atomic E-state index is 0.699. The van der Waals surface area contributed by atoms with Gasteiger partial charge in [-0.1, -0.05) is 23.8 Å². The van der Waals surface area contributed by atoms with Crippen LogP contribution >= 0.6 is 0 Å². The highest BCUT2D eigenvalue weighted by Gasteiger charge is 2.49. The molecule has 2 bridgehead atoms. The van der Waals surface area contributed by atoms with Gasteiger partial charge in [0.15, 0.2) is 0 Å². The number of carbonyl (C=O) groups is 1. The summed E-state index contributed by atoms with van der Waals surface area (Å²) in [7, 11) is 0. The van der Waals surface area contributed by atoms with Crippen LogP contribution in [0.15, 0.2) is 23.8 Å². The molecule has 4 unspecified atom stereocenters. The van der Waals surface area contributed by atoms with Gasteiger partial charge in [-0.25, -0.2) is 0 Å². The van der Waals surface area contributed by atoms with Gasteiger partial charge in [0.05, 0.1) is 0 Å². The molecule has 0 aromatic carbocycles. The van der Waals surface area contributed by atoms with Crippen molar-refractivity contribution in [2.75, 3.05) is 0 Å². The highest BCUT2D eigenvalue weighted by Crippen LogP contribution is 2.58. The molecule has 0 heterocycles. The quantitative estimate of drug-likeness (QED) is 0.390. The first-order valence-corrected chi connectivity index (χ1v) is 6.19. The van der Waals surface area contributed by atoms with Gasteiger partial charge in [0.2, 0.25) is 0 Å². The topological polar surface area (TPSA) is 17.1 Å². The van der Waals surface area contributed by atoms with Crippen molar-refractivity contribution in [2.24, 2.45) is 23.7 Å². The van der Waals surface area contributed by atoms with E-state index in [1.54, 1.807) is 5.57 Å². The molecular formula is C14H18O. The summed E-state index contributed by atoms with van der Waals surface area (Å²) in [6.07, 6.45) is 13.9. The molecule has 4 atom stereocenters. The lowest BCUT2D eigenvalue weighted by Crippen LogP contribution is -2.18. The van der Waals surface area contributed by atoms with Gasteiger partial charge >= 0.3 is 0 Å². The van der Waals surface area contributed by atoms with E-state index in [0.717, 1.165) is 36.4 Å². The van der Waals surface area contributed by atoms with Crippen LogP contribution in [0.5, 0.6) is 0 Å². The Bertz CT molecular complexity index is 326. The zero-order valence-corrected chi connectivity index (χ0v) is 9.06. The van der Waals surface area contributed by atoms with Crippen LogP contribution < -0.4 is 0 Å². The minimum Gasteiger partial charge on any atom is -0.303 e. The Hall–Kier alpha value is -0.850. The molecule has 0 N–H and O–H groups in total. The second-order valence-corrected chi connectivity index (χ2v) is 5.23. The van der Waals surface area contributed by atoms with Gasteiger partial charge in [-0.3, -0.25) is 0 Å². The summed E-state index contributed by atoms with van der Waals surface area (Å²) < 4.78 is 0. The number of fused-ring (bicyclic) bond motifs is 5. The van der Waals surface area contributed by atoms with E-state index in [9.17, 15) is 4.79 Å². The fourth-order valence-corrected chi connectivity index (χ4v) is 3.95. The average Bonchev–Trinajstić information content (AvgIpc) is 2.89. The van der Waals surface area contributed by atoms with Crippen LogP contribution in [0, 0.1) is 23.7 Å². The van der Waals surface area contributed by atoms with E-state index >= 15 is 0 Å². The SMILES string of the molecule is O=CCC/C=C1\CC2CC1C1C=CCC21. The Morgan fingerprint density at radius 3 is 3.20 bits per heavy atom. The second-order valence-electron chi connectivity index (χ2n) is 5.23. The Balaban J connectivity index is 1.72. The van der Waals surface area contributed by atoms with Gasteiger partial charge in [0.1, 0.15) is 6.29 Å². The smallest absolute Gasteiger partial charge is 0.120 e. The molecule has 0 radical (unpaired) electrons. The Labute approximate surface area is 91.2 Å². The zero-order valence-electron chi connectivity index (χ0n) is 9.06. The molecule has 0 saturated heterocycles. The minimum absolute atomic E-state index is 0.699. The van der Waals surface area contributed by atoms with Crippen molar-refractivity contribution in [1.82, 2.24) is 0 Å². The molecule has 3 aliphatic carbocycles. The molecule has 1 heteroatoms. The molecule has 0 spiro atoms. The number of rotatable bonds is 3. The standard InChI is InChI=1S/C14H18O/c15-7-2-1-4-10-8-11-9-14(10)13-6-3-5-12(11)13/h3-4,6-7,11-14H,1-2,5,8-9H2/b10-4+. The van der Waals surface area contributed by atoms with Gasteiger partial charge in [-0.2, -0.15) is 0 Å². The molecule has 2 fully saturated rings. The monoisotopic (exact) mass is 202 g/mol. The maximum atomic E-state index is 10.3. The summed E-state index contributed by atoms with van der Waals surface area (Å²) in [5.74, 6) is 3.62. The van der Waals surface area contributed by atoms with Crippen LogP contribution in [0.4, 0.5) is 0 Å². The van der Waals surface area contributed by atoms with Crippen molar-refractivity contribution in [1.29, 1.82) is 0 Å². The number of hydrogen-bond donors (Lipinski definition) is 0. The third-order valence-electron chi connectivity index (χ3n) is 4.55. The lowest BCUT2D eigenvalue weighted by atomic mass is 9.78. The second kappa shape index (κ2) is 3.62. The van der Waals surface area contributed by atoms with Crippen molar-refractivity contribution in [3.63, 3.8) is 0 Å². The number of allylic oxidation sites excluding steroid dienone is 4. The molecule has 0 amide bonds. The summed E-state index contributed by atoms with van der Waals surface area (Å²) in [6.45, 7) is 0. The van der Waals surface area contributed by atoms with Crippen LogP contribution in [-0.2, 0) is 4.79 Å². The first-order chi connectivity index (χ1) is 7.40. The molecule has 0 aliphatic heterocycles. The fourth-order valence-electron chi connectivity index (χ4n) is 3.95. The van der Waals surface area contributed by atoms with Gasteiger partial charge < -0.3 is 4.79 Å². The number of carbonyl (C=O) groups excluding carboxylic acids is 1. The molecule has 0 aromatic rings. The molecular weight excluding hydrogens is 184 g/mol. The summed E-state index contributed by atoms with van der Waals surface area (Å²) in [4.78, 5) is 10.3. The van der Waals surface area contributed by atoms with Crippen LogP contribution in [0.3, 0.4) is 0 Å². The number of unbranched alkanes of at least 4 members (excludes halogenated alkanes) is 1. The lowest BCUT2D eigenvalue weighted by molar-refractivity contribution is -0.107. The van der Waals surface area contributed by atoms with Gasteiger partial charge in [-0.05, 0) is 49.4 Å². The summed E-state index contributed by atoms with van der Waals surface area (Å²) in [5, 5.41) is 0. The molecule has 15 heavy (non-hydrogen) atoms.